The lowest BCUT2D eigenvalue weighted by Gasteiger charge is -2.23. The zero-order valence-corrected chi connectivity index (χ0v) is 19.8. The zero-order chi connectivity index (χ0) is 25.5. The van der Waals surface area contributed by atoms with Crippen LogP contribution in [0.25, 0.3) is 10.9 Å². The maximum absolute atomic E-state index is 12.6. The SMILES string of the molecule is Cc1nc2ccc(CN(CCCO)c3ccc(C(=O)N[C@@H](CCC(=O)O)C(=O)O)s3)cc2c(=O)[nH]1. The molecule has 1 atom stereocenters. The van der Waals surface area contributed by atoms with Crippen molar-refractivity contribution in [2.45, 2.75) is 38.8 Å². The highest BCUT2D eigenvalue weighted by Gasteiger charge is 2.23. The number of thiophene rings is 1. The summed E-state index contributed by atoms with van der Waals surface area (Å²) in [5, 5.41) is 30.9. The van der Waals surface area contributed by atoms with Gasteiger partial charge in [0.2, 0.25) is 0 Å². The highest BCUT2D eigenvalue weighted by Crippen LogP contribution is 2.28. The zero-order valence-electron chi connectivity index (χ0n) is 19.0. The average Bonchev–Trinajstić information content (AvgIpc) is 3.29. The Labute approximate surface area is 204 Å². The van der Waals surface area contributed by atoms with Crippen LogP contribution in [0.1, 0.15) is 40.3 Å². The summed E-state index contributed by atoms with van der Waals surface area (Å²) in [6.07, 6.45) is -0.136. The summed E-state index contributed by atoms with van der Waals surface area (Å²) in [6, 6.07) is 7.36. The number of hydrogen-bond donors (Lipinski definition) is 5. The highest BCUT2D eigenvalue weighted by molar-refractivity contribution is 7.18. The molecule has 0 spiro atoms. The van der Waals surface area contributed by atoms with E-state index in [0.29, 0.717) is 36.2 Å². The van der Waals surface area contributed by atoms with Gasteiger partial charge in [0, 0.05) is 26.1 Å². The standard InChI is InChI=1S/C23H26N4O7S/c1-13-24-16-4-3-14(11-15(16)21(31)25-13)12-27(9-2-10-28)19-7-6-18(35-19)22(32)26-17(23(33)34)5-8-20(29)30/h3-4,6-7,11,17,28H,2,5,8-10,12H2,1H3,(H,26,32)(H,29,30)(H,33,34)(H,24,25,31)/t17-/m0/s1. The fraction of sp³-hybridized carbons (Fsp3) is 0.348. The maximum atomic E-state index is 12.6. The fourth-order valence-electron chi connectivity index (χ4n) is 3.52. The Balaban J connectivity index is 1.79. The lowest BCUT2D eigenvalue weighted by molar-refractivity contribution is -0.140. The van der Waals surface area contributed by atoms with Crippen LogP contribution in [-0.2, 0) is 16.1 Å². The summed E-state index contributed by atoms with van der Waals surface area (Å²) in [4.78, 5) is 56.3. The molecule has 0 aliphatic heterocycles. The monoisotopic (exact) mass is 502 g/mol. The summed E-state index contributed by atoms with van der Waals surface area (Å²) in [5.41, 5.74) is 1.19. The molecule has 3 aromatic rings. The number of aromatic nitrogens is 2. The number of aryl methyl sites for hydroxylation is 1. The number of fused-ring (bicyclic) bond motifs is 1. The molecular formula is C23H26N4O7S. The third kappa shape index (κ3) is 6.87. The van der Waals surface area contributed by atoms with Crippen molar-refractivity contribution < 1.29 is 29.7 Å². The second-order valence-electron chi connectivity index (χ2n) is 7.94. The molecule has 3 rings (SSSR count). The van der Waals surface area contributed by atoms with Gasteiger partial charge in [0.15, 0.2) is 0 Å². The molecule has 2 heterocycles. The van der Waals surface area contributed by atoms with Gasteiger partial charge in [-0.1, -0.05) is 6.07 Å². The number of amides is 1. The molecule has 0 aliphatic carbocycles. The van der Waals surface area contributed by atoms with Crippen molar-refractivity contribution >= 4 is 45.1 Å². The Morgan fingerprint density at radius 1 is 1.20 bits per heavy atom. The van der Waals surface area contributed by atoms with Crippen molar-refractivity contribution in [1.82, 2.24) is 15.3 Å². The van der Waals surface area contributed by atoms with Crippen molar-refractivity contribution in [1.29, 1.82) is 0 Å². The molecule has 0 unspecified atom stereocenters. The number of hydrogen-bond acceptors (Lipinski definition) is 8. The van der Waals surface area contributed by atoms with E-state index in [0.717, 1.165) is 21.9 Å². The van der Waals surface area contributed by atoms with Gasteiger partial charge in [-0.05, 0) is 49.6 Å². The minimum Gasteiger partial charge on any atom is -0.481 e. The molecule has 0 bridgehead atoms. The first-order valence-corrected chi connectivity index (χ1v) is 11.7. The van der Waals surface area contributed by atoms with Crippen molar-refractivity contribution in [3.63, 3.8) is 0 Å². The second kappa shape index (κ2) is 11.6. The number of carboxylic acids is 2. The number of anilines is 1. The van der Waals surface area contributed by atoms with Crippen LogP contribution in [-0.4, -0.2) is 62.3 Å². The largest absolute Gasteiger partial charge is 0.481 e. The summed E-state index contributed by atoms with van der Waals surface area (Å²) < 4.78 is 0. The van der Waals surface area contributed by atoms with Crippen LogP contribution in [0.2, 0.25) is 0 Å². The van der Waals surface area contributed by atoms with Crippen LogP contribution in [0.5, 0.6) is 0 Å². The van der Waals surface area contributed by atoms with Crippen LogP contribution in [0.15, 0.2) is 35.1 Å². The van der Waals surface area contributed by atoms with Gasteiger partial charge in [-0.2, -0.15) is 0 Å². The average molecular weight is 503 g/mol. The third-order valence-electron chi connectivity index (χ3n) is 5.23. The Morgan fingerprint density at radius 2 is 1.97 bits per heavy atom. The van der Waals surface area contributed by atoms with E-state index in [1.807, 2.05) is 11.0 Å². The molecule has 0 radical (unpaired) electrons. The predicted molar refractivity (Wildman–Crippen MR) is 130 cm³/mol. The Morgan fingerprint density at radius 3 is 2.66 bits per heavy atom. The lowest BCUT2D eigenvalue weighted by Crippen LogP contribution is -2.40. The number of benzene rings is 1. The number of H-pyrrole nitrogens is 1. The van der Waals surface area contributed by atoms with Crippen LogP contribution in [0, 0.1) is 6.92 Å². The molecule has 0 saturated heterocycles. The molecule has 12 heteroatoms. The summed E-state index contributed by atoms with van der Waals surface area (Å²) in [6.45, 7) is 2.57. The van der Waals surface area contributed by atoms with Gasteiger partial charge in [-0.3, -0.25) is 14.4 Å². The van der Waals surface area contributed by atoms with E-state index in [9.17, 15) is 29.4 Å². The lowest BCUT2D eigenvalue weighted by atomic mass is 10.1. The molecular weight excluding hydrogens is 476 g/mol. The first-order valence-electron chi connectivity index (χ1n) is 10.9. The molecule has 11 nitrogen and oxygen atoms in total. The van der Waals surface area contributed by atoms with Gasteiger partial charge in [0.1, 0.15) is 11.9 Å². The predicted octanol–water partition coefficient (Wildman–Crippen LogP) is 1.73. The summed E-state index contributed by atoms with van der Waals surface area (Å²) in [7, 11) is 0. The number of aliphatic carboxylic acids is 2. The molecule has 0 fully saturated rings. The molecule has 1 aromatic carbocycles. The molecule has 35 heavy (non-hydrogen) atoms. The highest BCUT2D eigenvalue weighted by atomic mass is 32.1. The number of carboxylic acid groups (broad SMARTS) is 2. The minimum absolute atomic E-state index is 0.0281. The van der Waals surface area contributed by atoms with Gasteiger partial charge in [-0.15, -0.1) is 11.3 Å². The number of carbonyl (C=O) groups is 3. The number of aromatic amines is 1. The van der Waals surface area contributed by atoms with Crippen LogP contribution >= 0.6 is 11.3 Å². The van der Waals surface area contributed by atoms with E-state index < -0.39 is 23.9 Å². The first-order chi connectivity index (χ1) is 16.7. The summed E-state index contributed by atoms with van der Waals surface area (Å²) >= 11 is 1.15. The Hall–Kier alpha value is -3.77. The van der Waals surface area contributed by atoms with Gasteiger partial charge in [0.05, 0.1) is 20.8 Å². The molecule has 186 valence electrons. The van der Waals surface area contributed by atoms with Crippen molar-refractivity contribution in [2.75, 3.05) is 18.1 Å². The van der Waals surface area contributed by atoms with Gasteiger partial charge < -0.3 is 30.5 Å². The molecule has 5 N–H and O–H groups in total. The quantitative estimate of drug-likeness (QED) is 0.247. The van der Waals surface area contributed by atoms with E-state index in [2.05, 4.69) is 15.3 Å². The van der Waals surface area contributed by atoms with Crippen LogP contribution in [0.4, 0.5) is 5.00 Å². The number of aliphatic hydroxyl groups is 1. The van der Waals surface area contributed by atoms with Gasteiger partial charge in [0.25, 0.3) is 11.5 Å². The van der Waals surface area contributed by atoms with E-state index in [-0.39, 0.29) is 29.9 Å². The van der Waals surface area contributed by atoms with E-state index in [4.69, 9.17) is 5.11 Å². The number of nitrogens with zero attached hydrogens (tertiary/aromatic N) is 2. The molecule has 2 aromatic heterocycles. The number of rotatable bonds is 12. The normalized spacial score (nSPS) is 11.8. The smallest absolute Gasteiger partial charge is 0.326 e. The first kappa shape index (κ1) is 25.8. The topological polar surface area (TPSA) is 173 Å². The Kier molecular flexibility index (Phi) is 8.55. The minimum atomic E-state index is -1.32. The van der Waals surface area contributed by atoms with E-state index in [1.54, 1.807) is 31.2 Å². The van der Waals surface area contributed by atoms with E-state index >= 15 is 0 Å². The molecule has 0 saturated carbocycles. The molecule has 1 amide bonds. The van der Waals surface area contributed by atoms with E-state index in [1.165, 1.54) is 0 Å². The van der Waals surface area contributed by atoms with Crippen molar-refractivity contribution in [2.24, 2.45) is 0 Å². The maximum Gasteiger partial charge on any atom is 0.326 e. The number of carbonyl (C=O) groups excluding carboxylic acids is 1. The number of nitrogens with one attached hydrogen (secondary N) is 2. The summed E-state index contributed by atoms with van der Waals surface area (Å²) in [5.74, 6) is -2.54. The van der Waals surface area contributed by atoms with Crippen LogP contribution < -0.4 is 15.8 Å². The van der Waals surface area contributed by atoms with Gasteiger partial charge in [-0.25, -0.2) is 9.78 Å². The molecule has 0 aliphatic rings. The Bertz CT molecular complexity index is 1290. The fourth-order valence-corrected chi connectivity index (χ4v) is 4.46. The third-order valence-corrected chi connectivity index (χ3v) is 6.37. The van der Waals surface area contributed by atoms with Crippen molar-refractivity contribution in [3.05, 3.63) is 57.0 Å². The van der Waals surface area contributed by atoms with Crippen LogP contribution in [0.3, 0.4) is 0 Å². The number of aliphatic hydroxyl groups excluding tert-OH is 1. The van der Waals surface area contributed by atoms with Gasteiger partial charge >= 0.3 is 11.9 Å². The van der Waals surface area contributed by atoms with Crippen molar-refractivity contribution in [3.8, 4) is 0 Å². The second-order valence-corrected chi connectivity index (χ2v) is 9.00.